The van der Waals surface area contributed by atoms with Crippen molar-refractivity contribution in [3.05, 3.63) is 23.2 Å². The zero-order chi connectivity index (χ0) is 14.7. The van der Waals surface area contributed by atoms with Crippen molar-refractivity contribution in [1.82, 2.24) is 10.2 Å². The number of furan rings is 1. The van der Waals surface area contributed by atoms with E-state index in [0.29, 0.717) is 0 Å². The van der Waals surface area contributed by atoms with E-state index in [9.17, 15) is 0 Å². The van der Waals surface area contributed by atoms with Crippen molar-refractivity contribution in [2.45, 2.75) is 71.5 Å². The lowest BCUT2D eigenvalue weighted by molar-refractivity contribution is 0.160. The normalized spacial score (nSPS) is 21.0. The average Bonchev–Trinajstić information content (AvgIpc) is 3.24. The number of hydrogen-bond acceptors (Lipinski definition) is 3. The van der Waals surface area contributed by atoms with Crippen LogP contribution in [0.4, 0.5) is 0 Å². The Kier molecular flexibility index (Phi) is 5.02. The van der Waals surface area contributed by atoms with E-state index >= 15 is 0 Å². The Balaban J connectivity index is 1.47. The van der Waals surface area contributed by atoms with Crippen LogP contribution in [-0.2, 0) is 13.1 Å². The summed E-state index contributed by atoms with van der Waals surface area (Å²) in [6.07, 6.45) is 8.13. The first-order valence-corrected chi connectivity index (χ1v) is 8.78. The molecule has 0 aromatic carbocycles. The highest BCUT2D eigenvalue weighted by atomic mass is 16.3. The van der Waals surface area contributed by atoms with Gasteiger partial charge in [0.15, 0.2) is 0 Å². The first kappa shape index (κ1) is 15.1. The van der Waals surface area contributed by atoms with E-state index in [4.69, 9.17) is 4.42 Å². The van der Waals surface area contributed by atoms with Gasteiger partial charge in [0.05, 0.1) is 13.1 Å². The quantitative estimate of drug-likeness (QED) is 0.827. The lowest BCUT2D eigenvalue weighted by atomic mass is 9.92. The van der Waals surface area contributed by atoms with Crippen molar-refractivity contribution in [3.63, 3.8) is 0 Å². The Morgan fingerprint density at radius 2 is 2.00 bits per heavy atom. The van der Waals surface area contributed by atoms with E-state index in [1.807, 2.05) is 0 Å². The van der Waals surface area contributed by atoms with Gasteiger partial charge in [-0.05, 0) is 63.2 Å². The first-order valence-electron chi connectivity index (χ1n) is 8.78. The second-order valence-corrected chi connectivity index (χ2v) is 6.98. The van der Waals surface area contributed by atoms with E-state index in [-0.39, 0.29) is 0 Å². The van der Waals surface area contributed by atoms with E-state index < -0.39 is 0 Å². The summed E-state index contributed by atoms with van der Waals surface area (Å²) in [7, 11) is 0. The van der Waals surface area contributed by atoms with Crippen molar-refractivity contribution in [2.24, 2.45) is 5.92 Å². The zero-order valence-corrected chi connectivity index (χ0v) is 13.7. The van der Waals surface area contributed by atoms with Gasteiger partial charge in [0.25, 0.3) is 0 Å². The molecule has 1 aromatic rings. The van der Waals surface area contributed by atoms with Crippen LogP contribution in [0.2, 0.25) is 0 Å². The molecule has 0 spiro atoms. The van der Waals surface area contributed by atoms with Crippen molar-refractivity contribution in [3.8, 4) is 0 Å². The third kappa shape index (κ3) is 4.33. The molecule has 1 aliphatic heterocycles. The van der Waals surface area contributed by atoms with Gasteiger partial charge in [-0.25, -0.2) is 0 Å². The molecule has 21 heavy (non-hydrogen) atoms. The molecule has 0 bridgehead atoms. The van der Waals surface area contributed by atoms with Gasteiger partial charge in [-0.1, -0.05) is 19.8 Å². The molecule has 0 unspecified atom stereocenters. The van der Waals surface area contributed by atoms with Crippen LogP contribution in [0.25, 0.3) is 0 Å². The first-order chi connectivity index (χ1) is 10.2. The molecule has 1 saturated carbocycles. The zero-order valence-electron chi connectivity index (χ0n) is 13.7. The molecule has 0 atom stereocenters. The van der Waals surface area contributed by atoms with Gasteiger partial charge in [0.2, 0.25) is 0 Å². The summed E-state index contributed by atoms with van der Waals surface area (Å²) >= 11 is 0. The molecule has 3 nitrogen and oxygen atoms in total. The van der Waals surface area contributed by atoms with Gasteiger partial charge < -0.3 is 9.73 Å². The minimum Gasteiger partial charge on any atom is -0.463 e. The van der Waals surface area contributed by atoms with Crippen molar-refractivity contribution in [1.29, 1.82) is 0 Å². The molecule has 118 valence electrons. The number of nitrogens with zero attached hydrogens (tertiary/aromatic N) is 1. The number of nitrogens with one attached hydrogen (secondary N) is 1. The van der Waals surface area contributed by atoms with Crippen LogP contribution < -0.4 is 5.32 Å². The van der Waals surface area contributed by atoms with Gasteiger partial charge in [0.1, 0.15) is 11.5 Å². The molecule has 0 radical (unpaired) electrons. The van der Waals surface area contributed by atoms with Crippen LogP contribution in [0.5, 0.6) is 0 Å². The van der Waals surface area contributed by atoms with E-state index in [0.717, 1.165) is 36.6 Å². The van der Waals surface area contributed by atoms with Crippen LogP contribution in [0.3, 0.4) is 0 Å². The van der Waals surface area contributed by atoms with Gasteiger partial charge in [-0.2, -0.15) is 0 Å². The molecular formula is C18H30N2O. The van der Waals surface area contributed by atoms with E-state index in [1.165, 1.54) is 57.2 Å². The predicted octanol–water partition coefficient (Wildman–Crippen LogP) is 3.85. The summed E-state index contributed by atoms with van der Waals surface area (Å²) < 4.78 is 6.07. The summed E-state index contributed by atoms with van der Waals surface area (Å²) in [5, 5.41) is 3.54. The molecule has 3 heteroatoms. The number of aryl methyl sites for hydroxylation is 1. The topological polar surface area (TPSA) is 28.4 Å². The number of likely N-dealkylation sites (tertiary alicyclic amines) is 1. The Labute approximate surface area is 129 Å². The molecule has 1 saturated heterocycles. The van der Waals surface area contributed by atoms with Gasteiger partial charge in [-0.15, -0.1) is 0 Å². The molecule has 2 fully saturated rings. The van der Waals surface area contributed by atoms with Crippen molar-refractivity contribution in [2.75, 3.05) is 13.1 Å². The van der Waals surface area contributed by atoms with Gasteiger partial charge >= 0.3 is 0 Å². The van der Waals surface area contributed by atoms with Crippen molar-refractivity contribution < 1.29 is 4.42 Å². The highest BCUT2D eigenvalue weighted by Gasteiger charge is 2.22. The van der Waals surface area contributed by atoms with Crippen LogP contribution in [0.1, 0.15) is 62.5 Å². The van der Waals surface area contributed by atoms with E-state index in [1.54, 1.807) is 0 Å². The molecule has 2 heterocycles. The molecule has 3 rings (SSSR count). The highest BCUT2D eigenvalue weighted by molar-refractivity contribution is 5.20. The van der Waals surface area contributed by atoms with Crippen molar-refractivity contribution >= 4 is 0 Å². The molecule has 1 N–H and O–H groups in total. The van der Waals surface area contributed by atoms with Crippen LogP contribution in [0.15, 0.2) is 10.5 Å². The fraction of sp³-hybridized carbons (Fsp3) is 0.778. The summed E-state index contributed by atoms with van der Waals surface area (Å²) in [5.74, 6) is 3.25. The van der Waals surface area contributed by atoms with Crippen LogP contribution >= 0.6 is 0 Å². The average molecular weight is 290 g/mol. The summed E-state index contributed by atoms with van der Waals surface area (Å²) in [6, 6.07) is 2.98. The molecule has 2 aliphatic rings. The second kappa shape index (κ2) is 6.97. The predicted molar refractivity (Wildman–Crippen MR) is 86.2 cm³/mol. The third-order valence-corrected chi connectivity index (χ3v) is 4.98. The number of rotatable bonds is 7. The Hall–Kier alpha value is -0.800. The van der Waals surface area contributed by atoms with Crippen LogP contribution in [0, 0.1) is 12.8 Å². The lowest BCUT2D eigenvalue weighted by Gasteiger charge is -2.31. The molecule has 0 amide bonds. The van der Waals surface area contributed by atoms with Gasteiger partial charge in [0, 0.05) is 6.04 Å². The number of piperidine rings is 1. The minimum absolute atomic E-state index is 0.746. The fourth-order valence-electron chi connectivity index (χ4n) is 3.43. The monoisotopic (exact) mass is 290 g/mol. The summed E-state index contributed by atoms with van der Waals surface area (Å²) in [4.78, 5) is 2.56. The van der Waals surface area contributed by atoms with Crippen LogP contribution in [-0.4, -0.2) is 24.0 Å². The minimum atomic E-state index is 0.746. The Bertz CT molecular complexity index is 442. The smallest absolute Gasteiger partial charge is 0.120 e. The van der Waals surface area contributed by atoms with E-state index in [2.05, 4.69) is 30.1 Å². The Morgan fingerprint density at radius 3 is 2.67 bits per heavy atom. The maximum absolute atomic E-state index is 6.07. The SMILES string of the molecule is CCCC1CCN(Cc2cc(C)c(CNC3CC3)o2)CC1. The standard InChI is InChI=1S/C18H30N2O/c1-3-4-15-7-9-20(10-8-15)13-17-11-14(2)18(21-17)12-19-16-5-6-16/h11,15-16,19H,3-10,12-13H2,1-2H3. The molecule has 1 aromatic heterocycles. The van der Waals surface area contributed by atoms with Gasteiger partial charge in [-0.3, -0.25) is 4.90 Å². The maximum Gasteiger partial charge on any atom is 0.120 e. The lowest BCUT2D eigenvalue weighted by Crippen LogP contribution is -2.33. The third-order valence-electron chi connectivity index (χ3n) is 4.98. The summed E-state index contributed by atoms with van der Waals surface area (Å²) in [6.45, 7) is 8.83. The summed E-state index contributed by atoms with van der Waals surface area (Å²) in [5.41, 5.74) is 1.30. The molecule has 1 aliphatic carbocycles. The second-order valence-electron chi connectivity index (χ2n) is 6.98. The maximum atomic E-state index is 6.07. The highest BCUT2D eigenvalue weighted by Crippen LogP contribution is 2.25. The molecular weight excluding hydrogens is 260 g/mol. The fourth-order valence-corrected chi connectivity index (χ4v) is 3.43. The Morgan fingerprint density at radius 1 is 1.24 bits per heavy atom. The largest absolute Gasteiger partial charge is 0.463 e. The number of hydrogen-bond donors (Lipinski definition) is 1.